The highest BCUT2D eigenvalue weighted by Gasteiger charge is 2.39. The average molecular weight is 442 g/mol. The molecular formula is C17H14N8O7. The molecule has 0 saturated carbocycles. The standard InChI is InChI=1S/C17H14N8O7/c18-22-15(17(26)20-9-1-3-10(4-2-9)23(27)28)16(25(31)32)14-8-19-12-6-5-11(24(29)30)7-13(12)21-14/h1-7,16,19H,8,18H2,(H,20,26)/b22-15-/t16-/m0/s1. The predicted octanol–water partition coefficient (Wildman–Crippen LogP) is 1.60. The lowest BCUT2D eigenvalue weighted by Gasteiger charge is -2.20. The third kappa shape index (κ3) is 4.45. The van der Waals surface area contributed by atoms with Crippen molar-refractivity contribution in [2.24, 2.45) is 15.9 Å². The highest BCUT2D eigenvalue weighted by atomic mass is 16.6. The third-order valence-corrected chi connectivity index (χ3v) is 4.41. The molecule has 1 amide bonds. The van der Waals surface area contributed by atoms with Crippen LogP contribution in [-0.4, -0.2) is 44.7 Å². The highest BCUT2D eigenvalue weighted by Crippen LogP contribution is 2.32. The quantitative estimate of drug-likeness (QED) is 0.245. The molecule has 0 spiro atoms. The summed E-state index contributed by atoms with van der Waals surface area (Å²) in [7, 11) is 0. The second-order valence-electron chi connectivity index (χ2n) is 6.38. The molecule has 0 fully saturated rings. The summed E-state index contributed by atoms with van der Waals surface area (Å²) in [4.78, 5) is 48.1. The van der Waals surface area contributed by atoms with Crippen molar-refractivity contribution in [3.8, 4) is 0 Å². The minimum absolute atomic E-state index is 0.0828. The number of nitrogens with one attached hydrogen (secondary N) is 2. The van der Waals surface area contributed by atoms with Crippen molar-refractivity contribution in [1.82, 2.24) is 0 Å². The Hall–Kier alpha value is -4.95. The van der Waals surface area contributed by atoms with E-state index < -0.39 is 32.4 Å². The van der Waals surface area contributed by atoms with E-state index in [1.807, 2.05) is 0 Å². The molecule has 1 aliphatic heterocycles. The van der Waals surface area contributed by atoms with E-state index in [-0.39, 0.29) is 35.0 Å². The lowest BCUT2D eigenvalue weighted by atomic mass is 10.0. The number of nitro groups is 3. The van der Waals surface area contributed by atoms with Gasteiger partial charge in [-0.2, -0.15) is 5.10 Å². The molecule has 0 radical (unpaired) electrons. The molecule has 0 aromatic heterocycles. The van der Waals surface area contributed by atoms with Crippen LogP contribution in [0.2, 0.25) is 0 Å². The van der Waals surface area contributed by atoms with E-state index in [1.54, 1.807) is 0 Å². The largest absolute Gasteiger partial charge is 0.378 e. The van der Waals surface area contributed by atoms with E-state index in [0.717, 1.165) is 18.2 Å². The Balaban J connectivity index is 1.90. The van der Waals surface area contributed by atoms with Gasteiger partial charge in [-0.3, -0.25) is 35.1 Å². The third-order valence-electron chi connectivity index (χ3n) is 4.41. The van der Waals surface area contributed by atoms with Crippen molar-refractivity contribution in [3.63, 3.8) is 0 Å². The Kier molecular flexibility index (Phi) is 6.00. The van der Waals surface area contributed by atoms with Crippen molar-refractivity contribution >= 4 is 45.8 Å². The number of carbonyl (C=O) groups excluding carboxylic acids is 1. The van der Waals surface area contributed by atoms with E-state index in [2.05, 4.69) is 20.7 Å². The first-order valence-electron chi connectivity index (χ1n) is 8.78. The van der Waals surface area contributed by atoms with Crippen LogP contribution in [0, 0.1) is 30.3 Å². The number of benzene rings is 2. The number of nitrogens with zero attached hydrogens (tertiary/aromatic N) is 5. The highest BCUT2D eigenvalue weighted by molar-refractivity contribution is 6.48. The second-order valence-corrected chi connectivity index (χ2v) is 6.38. The van der Waals surface area contributed by atoms with E-state index in [1.165, 1.54) is 24.3 Å². The molecule has 2 aromatic rings. The van der Waals surface area contributed by atoms with Crippen LogP contribution in [0.25, 0.3) is 0 Å². The fourth-order valence-corrected chi connectivity index (χ4v) is 2.91. The van der Waals surface area contributed by atoms with Crippen LogP contribution in [0.5, 0.6) is 0 Å². The number of nitro benzene ring substituents is 2. The molecule has 3 rings (SSSR count). The van der Waals surface area contributed by atoms with Gasteiger partial charge < -0.3 is 16.5 Å². The number of hydrogen-bond donors (Lipinski definition) is 3. The van der Waals surface area contributed by atoms with Gasteiger partial charge in [0.15, 0.2) is 0 Å². The number of anilines is 2. The molecule has 1 atom stereocenters. The zero-order valence-corrected chi connectivity index (χ0v) is 16.0. The number of hydrazone groups is 1. The fourth-order valence-electron chi connectivity index (χ4n) is 2.91. The molecule has 0 aliphatic carbocycles. The van der Waals surface area contributed by atoms with Crippen LogP contribution in [0.4, 0.5) is 28.4 Å². The number of non-ortho nitro benzene ring substituents is 2. The van der Waals surface area contributed by atoms with E-state index >= 15 is 0 Å². The van der Waals surface area contributed by atoms with Crippen LogP contribution < -0.4 is 16.5 Å². The van der Waals surface area contributed by atoms with Crippen LogP contribution >= 0.6 is 0 Å². The number of hydrogen-bond acceptors (Lipinski definition) is 11. The average Bonchev–Trinajstić information content (AvgIpc) is 2.76. The van der Waals surface area contributed by atoms with Crippen LogP contribution in [-0.2, 0) is 4.79 Å². The number of rotatable bonds is 7. The molecule has 2 aromatic carbocycles. The minimum atomic E-state index is -1.85. The van der Waals surface area contributed by atoms with Crippen molar-refractivity contribution in [2.45, 2.75) is 6.04 Å². The molecule has 164 valence electrons. The summed E-state index contributed by atoms with van der Waals surface area (Å²) in [6.45, 7) is -0.139. The number of aliphatic imine (C=N–C) groups is 1. The molecule has 0 unspecified atom stereocenters. The summed E-state index contributed by atoms with van der Waals surface area (Å²) >= 11 is 0. The molecule has 1 aliphatic rings. The summed E-state index contributed by atoms with van der Waals surface area (Å²) in [6.07, 6.45) is 0. The molecule has 4 N–H and O–H groups in total. The molecule has 32 heavy (non-hydrogen) atoms. The lowest BCUT2D eigenvalue weighted by molar-refractivity contribution is -0.484. The van der Waals surface area contributed by atoms with Gasteiger partial charge in [0, 0.05) is 34.9 Å². The maximum Gasteiger partial charge on any atom is 0.301 e. The molecule has 1 heterocycles. The summed E-state index contributed by atoms with van der Waals surface area (Å²) < 4.78 is 0. The summed E-state index contributed by atoms with van der Waals surface area (Å²) in [5.41, 5.74) is -0.684. The van der Waals surface area contributed by atoms with Gasteiger partial charge in [0.1, 0.15) is 5.71 Å². The molecular weight excluding hydrogens is 428 g/mol. The van der Waals surface area contributed by atoms with Gasteiger partial charge in [0.25, 0.3) is 17.3 Å². The van der Waals surface area contributed by atoms with Crippen molar-refractivity contribution in [3.05, 3.63) is 72.8 Å². The van der Waals surface area contributed by atoms with Crippen molar-refractivity contribution in [1.29, 1.82) is 0 Å². The predicted molar refractivity (Wildman–Crippen MR) is 113 cm³/mol. The van der Waals surface area contributed by atoms with Gasteiger partial charge in [-0.05, 0) is 18.2 Å². The van der Waals surface area contributed by atoms with Gasteiger partial charge in [0.2, 0.25) is 5.71 Å². The first kappa shape index (κ1) is 21.8. The minimum Gasteiger partial charge on any atom is -0.378 e. The smallest absolute Gasteiger partial charge is 0.301 e. The summed E-state index contributed by atoms with van der Waals surface area (Å²) in [6, 6.07) is 6.70. The fraction of sp³-hybridized carbons (Fsp3) is 0.118. The van der Waals surface area contributed by atoms with E-state index in [9.17, 15) is 35.1 Å². The van der Waals surface area contributed by atoms with Crippen molar-refractivity contribution in [2.75, 3.05) is 17.2 Å². The maximum absolute atomic E-state index is 12.6. The van der Waals surface area contributed by atoms with Crippen LogP contribution in [0.15, 0.2) is 52.6 Å². The number of amides is 1. The van der Waals surface area contributed by atoms with Gasteiger partial charge in [0.05, 0.1) is 27.8 Å². The van der Waals surface area contributed by atoms with Gasteiger partial charge >= 0.3 is 6.04 Å². The Bertz CT molecular complexity index is 1180. The zero-order chi connectivity index (χ0) is 23.4. The summed E-state index contributed by atoms with van der Waals surface area (Å²) in [5.74, 6) is 4.25. The monoisotopic (exact) mass is 442 g/mol. The Morgan fingerprint density at radius 3 is 2.25 bits per heavy atom. The topological polar surface area (TPSA) is 221 Å². The molecule has 15 nitrogen and oxygen atoms in total. The number of fused-ring (bicyclic) bond motifs is 1. The normalized spacial score (nSPS) is 13.8. The van der Waals surface area contributed by atoms with Crippen molar-refractivity contribution < 1.29 is 19.6 Å². The van der Waals surface area contributed by atoms with E-state index in [4.69, 9.17) is 5.84 Å². The Labute approximate surface area is 178 Å². The van der Waals surface area contributed by atoms with Crippen LogP contribution in [0.1, 0.15) is 0 Å². The number of carbonyl (C=O) groups is 1. The number of nitrogens with two attached hydrogens (primary N) is 1. The second kappa shape index (κ2) is 8.82. The summed E-state index contributed by atoms with van der Waals surface area (Å²) in [5, 5.41) is 41.9. The first-order chi connectivity index (χ1) is 15.2. The SMILES string of the molecule is N/N=C(\C(=O)Nc1ccc([N+](=O)[O-])cc1)[C@H](C1=Nc2cc([N+](=O)[O-])ccc2NC1)[N+](=O)[O-]. The van der Waals surface area contributed by atoms with Gasteiger partial charge in [-0.25, -0.2) is 4.99 Å². The van der Waals surface area contributed by atoms with Crippen LogP contribution in [0.3, 0.4) is 0 Å². The molecule has 0 bridgehead atoms. The van der Waals surface area contributed by atoms with E-state index in [0.29, 0.717) is 5.69 Å². The lowest BCUT2D eigenvalue weighted by Crippen LogP contribution is -2.47. The zero-order valence-electron chi connectivity index (χ0n) is 16.0. The molecule has 15 heteroatoms. The maximum atomic E-state index is 12.6. The van der Waals surface area contributed by atoms with Gasteiger partial charge in [-0.1, -0.05) is 0 Å². The molecule has 0 saturated heterocycles. The first-order valence-corrected chi connectivity index (χ1v) is 8.78. The Morgan fingerprint density at radius 2 is 1.69 bits per heavy atom. The van der Waals surface area contributed by atoms with Gasteiger partial charge in [-0.15, -0.1) is 0 Å². The Morgan fingerprint density at radius 1 is 1.06 bits per heavy atom.